The molecule has 1 aliphatic rings. The molecule has 0 atom stereocenters. The van der Waals surface area contributed by atoms with Crippen molar-refractivity contribution < 1.29 is 4.74 Å². The molecule has 0 unspecified atom stereocenters. The number of hydrogen-bond donors (Lipinski definition) is 2. The number of methoxy groups -OCH3 is 1. The number of para-hydroxylation sites is 1. The monoisotopic (exact) mass is 514 g/mol. The number of thiazole rings is 1. The SMILES string of the molecule is CCNC(=NCc1nc(C(C)C)cs1)NCC1(c2ccccc2OC)CC1.I. The molecule has 28 heavy (non-hydrogen) atoms. The van der Waals surface area contributed by atoms with Gasteiger partial charge in [-0.15, -0.1) is 35.3 Å². The highest BCUT2D eigenvalue weighted by molar-refractivity contribution is 14.0. The predicted molar refractivity (Wildman–Crippen MR) is 128 cm³/mol. The van der Waals surface area contributed by atoms with Crippen LogP contribution in [0.15, 0.2) is 34.6 Å². The van der Waals surface area contributed by atoms with Crippen LogP contribution in [0.5, 0.6) is 5.75 Å². The van der Waals surface area contributed by atoms with Crippen LogP contribution in [-0.2, 0) is 12.0 Å². The Morgan fingerprint density at radius 3 is 2.64 bits per heavy atom. The van der Waals surface area contributed by atoms with Gasteiger partial charge in [0.2, 0.25) is 0 Å². The van der Waals surface area contributed by atoms with Gasteiger partial charge in [-0.1, -0.05) is 32.0 Å². The highest BCUT2D eigenvalue weighted by atomic mass is 127. The van der Waals surface area contributed by atoms with Crippen LogP contribution in [0, 0.1) is 0 Å². The summed E-state index contributed by atoms with van der Waals surface area (Å²) in [5.41, 5.74) is 2.59. The number of aliphatic imine (C=N–C) groups is 1. The Hall–Kier alpha value is -1.35. The lowest BCUT2D eigenvalue weighted by Gasteiger charge is -2.21. The van der Waals surface area contributed by atoms with Crippen LogP contribution >= 0.6 is 35.3 Å². The van der Waals surface area contributed by atoms with Gasteiger partial charge >= 0.3 is 0 Å². The van der Waals surface area contributed by atoms with Crippen LogP contribution in [0.3, 0.4) is 0 Å². The minimum Gasteiger partial charge on any atom is -0.496 e. The van der Waals surface area contributed by atoms with Gasteiger partial charge < -0.3 is 15.4 Å². The molecule has 0 bridgehead atoms. The van der Waals surface area contributed by atoms with Crippen molar-refractivity contribution in [3.8, 4) is 5.75 Å². The van der Waals surface area contributed by atoms with E-state index in [9.17, 15) is 0 Å². The summed E-state index contributed by atoms with van der Waals surface area (Å²) >= 11 is 1.69. The van der Waals surface area contributed by atoms with Crippen LogP contribution < -0.4 is 15.4 Å². The number of halogens is 1. The normalized spacial score (nSPS) is 15.1. The highest BCUT2D eigenvalue weighted by Gasteiger charge is 2.46. The third-order valence-corrected chi connectivity index (χ3v) is 5.86. The second-order valence-corrected chi connectivity index (χ2v) is 8.29. The van der Waals surface area contributed by atoms with Crippen LogP contribution in [0.4, 0.5) is 0 Å². The maximum absolute atomic E-state index is 5.57. The summed E-state index contributed by atoms with van der Waals surface area (Å²) in [6, 6.07) is 8.34. The van der Waals surface area contributed by atoms with E-state index in [1.165, 1.54) is 18.4 Å². The number of guanidine groups is 1. The lowest BCUT2D eigenvalue weighted by atomic mass is 9.95. The minimum atomic E-state index is 0. The van der Waals surface area contributed by atoms with Crippen molar-refractivity contribution in [2.75, 3.05) is 20.2 Å². The Labute approximate surface area is 189 Å². The van der Waals surface area contributed by atoms with E-state index >= 15 is 0 Å². The molecule has 1 saturated carbocycles. The summed E-state index contributed by atoms with van der Waals surface area (Å²) in [6.45, 7) is 8.72. The smallest absolute Gasteiger partial charge is 0.191 e. The van der Waals surface area contributed by atoms with Gasteiger partial charge in [0.05, 0.1) is 19.3 Å². The first-order chi connectivity index (χ1) is 13.1. The lowest BCUT2D eigenvalue weighted by molar-refractivity contribution is 0.403. The van der Waals surface area contributed by atoms with Crippen molar-refractivity contribution in [3.05, 3.63) is 45.9 Å². The zero-order valence-corrected chi connectivity index (χ0v) is 20.3. The van der Waals surface area contributed by atoms with E-state index in [1.54, 1.807) is 18.4 Å². The Kier molecular flexibility index (Phi) is 8.55. The summed E-state index contributed by atoms with van der Waals surface area (Å²) in [4.78, 5) is 9.41. The largest absolute Gasteiger partial charge is 0.496 e. The topological polar surface area (TPSA) is 58.5 Å². The predicted octanol–water partition coefficient (Wildman–Crippen LogP) is 4.68. The van der Waals surface area contributed by atoms with Crippen molar-refractivity contribution in [2.45, 2.75) is 51.5 Å². The molecule has 1 aromatic heterocycles. The van der Waals surface area contributed by atoms with Gasteiger partial charge in [-0.05, 0) is 31.7 Å². The molecule has 1 heterocycles. The third-order valence-electron chi connectivity index (χ3n) is 5.00. The molecular formula is C21H31IN4OS. The molecule has 1 aromatic carbocycles. The average Bonchev–Trinajstić information content (AvgIpc) is 3.31. The summed E-state index contributed by atoms with van der Waals surface area (Å²) in [6.07, 6.45) is 2.34. The summed E-state index contributed by atoms with van der Waals surface area (Å²) in [5.74, 6) is 2.28. The van der Waals surface area contributed by atoms with E-state index in [0.717, 1.165) is 35.5 Å². The van der Waals surface area contributed by atoms with Gasteiger partial charge in [-0.3, -0.25) is 0 Å². The van der Waals surface area contributed by atoms with Crippen LogP contribution in [0.1, 0.15) is 55.8 Å². The summed E-state index contributed by atoms with van der Waals surface area (Å²) in [7, 11) is 1.74. The van der Waals surface area contributed by atoms with Gasteiger partial charge in [0.1, 0.15) is 10.8 Å². The number of nitrogens with zero attached hydrogens (tertiary/aromatic N) is 2. The molecule has 1 fully saturated rings. The second kappa shape index (κ2) is 10.4. The van der Waals surface area contributed by atoms with E-state index in [2.05, 4.69) is 53.9 Å². The fourth-order valence-electron chi connectivity index (χ4n) is 3.18. The Morgan fingerprint density at radius 1 is 1.29 bits per heavy atom. The average molecular weight is 514 g/mol. The Morgan fingerprint density at radius 2 is 2.04 bits per heavy atom. The first kappa shape index (κ1) is 22.9. The first-order valence-corrected chi connectivity index (χ1v) is 10.6. The summed E-state index contributed by atoms with van der Waals surface area (Å²) < 4.78 is 5.57. The standard InChI is InChI=1S/C21H30N4OS.HI/c1-5-22-20(23-12-19-25-17(13-27-19)15(2)3)24-14-21(10-11-21)16-8-6-7-9-18(16)26-4;/h6-9,13,15H,5,10-12,14H2,1-4H3,(H2,22,23,24);1H. The molecule has 2 N–H and O–H groups in total. The molecule has 0 radical (unpaired) electrons. The number of aromatic nitrogens is 1. The fraction of sp³-hybridized carbons (Fsp3) is 0.524. The van der Waals surface area contributed by atoms with Crippen molar-refractivity contribution in [1.82, 2.24) is 15.6 Å². The zero-order chi connectivity index (χ0) is 19.3. The van der Waals surface area contributed by atoms with Gasteiger partial charge in [0, 0.05) is 29.4 Å². The van der Waals surface area contributed by atoms with E-state index < -0.39 is 0 Å². The van der Waals surface area contributed by atoms with E-state index in [1.807, 2.05) is 12.1 Å². The minimum absolute atomic E-state index is 0. The van der Waals surface area contributed by atoms with Crippen molar-refractivity contribution in [2.24, 2.45) is 4.99 Å². The number of nitrogens with one attached hydrogen (secondary N) is 2. The second-order valence-electron chi connectivity index (χ2n) is 7.35. The molecule has 7 heteroatoms. The third kappa shape index (κ3) is 5.59. The van der Waals surface area contributed by atoms with E-state index in [4.69, 9.17) is 9.73 Å². The molecule has 2 aromatic rings. The van der Waals surface area contributed by atoms with Crippen LogP contribution in [0.25, 0.3) is 0 Å². The Balaban J connectivity index is 0.00000280. The maximum Gasteiger partial charge on any atom is 0.191 e. The molecule has 0 spiro atoms. The summed E-state index contributed by atoms with van der Waals surface area (Å²) in [5, 5.41) is 10.1. The first-order valence-electron chi connectivity index (χ1n) is 9.68. The number of hydrogen-bond acceptors (Lipinski definition) is 4. The molecule has 0 aliphatic heterocycles. The quantitative estimate of drug-likeness (QED) is 0.305. The molecule has 3 rings (SSSR count). The highest BCUT2D eigenvalue weighted by Crippen LogP contribution is 2.50. The Bertz CT molecular complexity index is 786. The number of rotatable bonds is 8. The van der Waals surface area contributed by atoms with E-state index in [-0.39, 0.29) is 29.4 Å². The van der Waals surface area contributed by atoms with Crippen LogP contribution in [-0.4, -0.2) is 31.1 Å². The van der Waals surface area contributed by atoms with Gasteiger partial charge in [0.25, 0.3) is 0 Å². The molecule has 154 valence electrons. The fourth-order valence-corrected chi connectivity index (χ4v) is 4.06. The van der Waals surface area contributed by atoms with Crippen LogP contribution in [0.2, 0.25) is 0 Å². The zero-order valence-electron chi connectivity index (χ0n) is 17.1. The molecule has 0 amide bonds. The molecule has 1 aliphatic carbocycles. The number of benzene rings is 1. The molecule has 0 saturated heterocycles. The maximum atomic E-state index is 5.57. The number of ether oxygens (including phenoxy) is 1. The van der Waals surface area contributed by atoms with Crippen molar-refractivity contribution in [1.29, 1.82) is 0 Å². The molecule has 5 nitrogen and oxygen atoms in total. The van der Waals surface area contributed by atoms with E-state index in [0.29, 0.717) is 12.5 Å². The van der Waals surface area contributed by atoms with Gasteiger partial charge in [0.15, 0.2) is 5.96 Å². The van der Waals surface area contributed by atoms with Crippen molar-refractivity contribution in [3.63, 3.8) is 0 Å². The van der Waals surface area contributed by atoms with Gasteiger partial charge in [-0.2, -0.15) is 0 Å². The van der Waals surface area contributed by atoms with Crippen molar-refractivity contribution >= 4 is 41.3 Å². The molecular weight excluding hydrogens is 483 g/mol. The lowest BCUT2D eigenvalue weighted by Crippen LogP contribution is -2.41. The van der Waals surface area contributed by atoms with Gasteiger partial charge in [-0.25, -0.2) is 9.98 Å².